The molecule has 7 heteroatoms. The third-order valence-corrected chi connectivity index (χ3v) is 3.16. The van der Waals surface area contributed by atoms with Crippen LogP contribution in [0.1, 0.15) is 31.7 Å². The molecule has 1 aliphatic heterocycles. The Labute approximate surface area is 105 Å². The summed E-state index contributed by atoms with van der Waals surface area (Å²) in [6.45, 7) is 4.03. The van der Waals surface area contributed by atoms with E-state index in [9.17, 15) is 0 Å². The van der Waals surface area contributed by atoms with Crippen LogP contribution in [0.4, 0.5) is 0 Å². The maximum Gasteiger partial charge on any atom is 0.242 e. The quantitative estimate of drug-likeness (QED) is 0.865. The first-order valence-corrected chi connectivity index (χ1v) is 6.31. The van der Waals surface area contributed by atoms with Crippen molar-refractivity contribution in [2.24, 2.45) is 0 Å². The summed E-state index contributed by atoms with van der Waals surface area (Å²) in [5.41, 5.74) is 0. The van der Waals surface area contributed by atoms with E-state index in [4.69, 9.17) is 4.52 Å². The number of aryl methyl sites for hydroxylation is 1. The summed E-state index contributed by atoms with van der Waals surface area (Å²) >= 11 is 0. The number of nitrogens with one attached hydrogen (secondary N) is 1. The van der Waals surface area contributed by atoms with E-state index in [0.29, 0.717) is 23.6 Å². The lowest BCUT2D eigenvalue weighted by molar-refractivity contribution is 0.342. The molecule has 0 atom stereocenters. The van der Waals surface area contributed by atoms with Crippen molar-refractivity contribution in [1.29, 1.82) is 0 Å². The molecule has 0 bridgehead atoms. The lowest BCUT2D eigenvalue weighted by atomic mass is 10.1. The van der Waals surface area contributed by atoms with Crippen LogP contribution < -0.4 is 5.32 Å². The predicted octanol–water partition coefficient (Wildman–Crippen LogP) is 0.815. The molecule has 0 unspecified atom stereocenters. The Morgan fingerprint density at radius 2 is 2.22 bits per heavy atom. The van der Waals surface area contributed by atoms with E-state index in [1.165, 1.54) is 0 Å². The SMILES string of the molecule is CCc1nc(-c2ncn(C3CCNCC3)n2)no1. The van der Waals surface area contributed by atoms with Crippen LogP contribution in [0.25, 0.3) is 11.6 Å². The van der Waals surface area contributed by atoms with Crippen LogP contribution in [0.2, 0.25) is 0 Å². The molecule has 1 saturated heterocycles. The molecule has 96 valence electrons. The van der Waals surface area contributed by atoms with Crippen molar-refractivity contribution in [3.05, 3.63) is 12.2 Å². The van der Waals surface area contributed by atoms with Crippen molar-refractivity contribution in [2.45, 2.75) is 32.2 Å². The molecule has 0 amide bonds. The molecule has 0 aromatic carbocycles. The maximum absolute atomic E-state index is 5.06. The van der Waals surface area contributed by atoms with Gasteiger partial charge in [-0.15, -0.1) is 5.10 Å². The summed E-state index contributed by atoms with van der Waals surface area (Å²) in [4.78, 5) is 8.48. The lowest BCUT2D eigenvalue weighted by Gasteiger charge is -2.22. The molecule has 0 saturated carbocycles. The molecule has 3 heterocycles. The molecule has 1 N–H and O–H groups in total. The van der Waals surface area contributed by atoms with E-state index < -0.39 is 0 Å². The van der Waals surface area contributed by atoms with Gasteiger partial charge in [-0.05, 0) is 25.9 Å². The molecular weight excluding hydrogens is 232 g/mol. The van der Waals surface area contributed by atoms with Gasteiger partial charge in [0, 0.05) is 6.42 Å². The fourth-order valence-electron chi connectivity index (χ4n) is 2.11. The summed E-state index contributed by atoms with van der Waals surface area (Å²) in [5, 5.41) is 11.7. The van der Waals surface area contributed by atoms with E-state index in [1.807, 2.05) is 11.6 Å². The van der Waals surface area contributed by atoms with Gasteiger partial charge in [0.05, 0.1) is 6.04 Å². The van der Waals surface area contributed by atoms with Crippen molar-refractivity contribution in [3.8, 4) is 11.6 Å². The fourth-order valence-corrected chi connectivity index (χ4v) is 2.11. The Balaban J connectivity index is 1.79. The molecule has 1 fully saturated rings. The second-order valence-electron chi connectivity index (χ2n) is 4.39. The van der Waals surface area contributed by atoms with Gasteiger partial charge in [0.25, 0.3) is 0 Å². The number of hydrogen-bond acceptors (Lipinski definition) is 6. The molecule has 7 nitrogen and oxygen atoms in total. The number of rotatable bonds is 3. The first-order chi connectivity index (χ1) is 8.86. The van der Waals surface area contributed by atoms with E-state index in [-0.39, 0.29) is 0 Å². The zero-order chi connectivity index (χ0) is 12.4. The summed E-state index contributed by atoms with van der Waals surface area (Å²) in [5.74, 6) is 1.62. The van der Waals surface area contributed by atoms with Crippen molar-refractivity contribution in [2.75, 3.05) is 13.1 Å². The topological polar surface area (TPSA) is 81.7 Å². The Morgan fingerprint density at radius 3 is 2.94 bits per heavy atom. The summed E-state index contributed by atoms with van der Waals surface area (Å²) in [7, 11) is 0. The third kappa shape index (κ3) is 2.13. The van der Waals surface area contributed by atoms with E-state index in [0.717, 1.165) is 32.4 Å². The van der Waals surface area contributed by atoms with Crippen LogP contribution in [0.3, 0.4) is 0 Å². The number of hydrogen-bond donors (Lipinski definition) is 1. The largest absolute Gasteiger partial charge is 0.339 e. The summed E-state index contributed by atoms with van der Waals surface area (Å²) in [6, 6.07) is 0.421. The van der Waals surface area contributed by atoms with Gasteiger partial charge in [-0.1, -0.05) is 12.1 Å². The van der Waals surface area contributed by atoms with Gasteiger partial charge in [0.2, 0.25) is 17.5 Å². The predicted molar refractivity (Wildman–Crippen MR) is 63.8 cm³/mol. The molecule has 0 radical (unpaired) electrons. The molecule has 18 heavy (non-hydrogen) atoms. The molecule has 2 aromatic rings. The minimum Gasteiger partial charge on any atom is -0.339 e. The molecule has 0 spiro atoms. The van der Waals surface area contributed by atoms with Crippen molar-refractivity contribution in [3.63, 3.8) is 0 Å². The van der Waals surface area contributed by atoms with Gasteiger partial charge in [0.15, 0.2) is 0 Å². The Bertz CT molecular complexity index is 513. The van der Waals surface area contributed by atoms with E-state index >= 15 is 0 Å². The first-order valence-electron chi connectivity index (χ1n) is 6.31. The third-order valence-electron chi connectivity index (χ3n) is 3.16. The van der Waals surface area contributed by atoms with Crippen LogP contribution in [-0.2, 0) is 6.42 Å². The fraction of sp³-hybridized carbons (Fsp3) is 0.636. The minimum atomic E-state index is 0.421. The monoisotopic (exact) mass is 248 g/mol. The number of piperidine rings is 1. The van der Waals surface area contributed by atoms with Crippen LogP contribution >= 0.6 is 0 Å². The standard InChI is InChI=1S/C11H16N6O/c1-2-9-14-11(16-18-9)10-13-7-17(15-10)8-3-5-12-6-4-8/h7-8,12H,2-6H2,1H3. The molecular formula is C11H16N6O. The first kappa shape index (κ1) is 11.3. The van der Waals surface area contributed by atoms with Crippen molar-refractivity contribution in [1.82, 2.24) is 30.2 Å². The maximum atomic E-state index is 5.06. The van der Waals surface area contributed by atoms with E-state index in [1.54, 1.807) is 6.33 Å². The van der Waals surface area contributed by atoms with Gasteiger partial charge in [-0.3, -0.25) is 0 Å². The highest BCUT2D eigenvalue weighted by Crippen LogP contribution is 2.18. The van der Waals surface area contributed by atoms with Crippen LogP contribution in [0.5, 0.6) is 0 Å². The molecule has 0 aliphatic carbocycles. The highest BCUT2D eigenvalue weighted by Gasteiger charge is 2.18. The lowest BCUT2D eigenvalue weighted by Crippen LogP contribution is -2.29. The highest BCUT2D eigenvalue weighted by atomic mass is 16.5. The normalized spacial score (nSPS) is 17.2. The van der Waals surface area contributed by atoms with Gasteiger partial charge in [0.1, 0.15) is 6.33 Å². The van der Waals surface area contributed by atoms with Gasteiger partial charge < -0.3 is 9.84 Å². The average molecular weight is 248 g/mol. The van der Waals surface area contributed by atoms with Gasteiger partial charge in [-0.2, -0.15) is 4.98 Å². The van der Waals surface area contributed by atoms with Crippen LogP contribution in [0.15, 0.2) is 10.9 Å². The van der Waals surface area contributed by atoms with Gasteiger partial charge >= 0.3 is 0 Å². The van der Waals surface area contributed by atoms with Crippen LogP contribution in [-0.4, -0.2) is 38.0 Å². The summed E-state index contributed by atoms with van der Waals surface area (Å²) < 4.78 is 6.98. The average Bonchev–Trinajstić information content (AvgIpc) is 3.08. The Hall–Kier alpha value is -1.76. The smallest absolute Gasteiger partial charge is 0.242 e. The van der Waals surface area contributed by atoms with Crippen molar-refractivity contribution >= 4 is 0 Å². The Morgan fingerprint density at radius 1 is 1.39 bits per heavy atom. The number of aromatic nitrogens is 5. The second-order valence-corrected chi connectivity index (χ2v) is 4.39. The molecule has 2 aromatic heterocycles. The van der Waals surface area contributed by atoms with E-state index in [2.05, 4.69) is 25.5 Å². The number of nitrogens with zero attached hydrogens (tertiary/aromatic N) is 5. The Kier molecular flexibility index (Phi) is 3.06. The molecule has 1 aliphatic rings. The zero-order valence-electron chi connectivity index (χ0n) is 10.3. The van der Waals surface area contributed by atoms with Crippen molar-refractivity contribution < 1.29 is 4.52 Å². The van der Waals surface area contributed by atoms with Gasteiger partial charge in [-0.25, -0.2) is 9.67 Å². The zero-order valence-corrected chi connectivity index (χ0v) is 10.3. The highest BCUT2D eigenvalue weighted by molar-refractivity contribution is 5.39. The summed E-state index contributed by atoms with van der Waals surface area (Å²) in [6.07, 6.45) is 4.64. The minimum absolute atomic E-state index is 0.421. The molecule has 3 rings (SSSR count). The van der Waals surface area contributed by atoms with Crippen LogP contribution in [0, 0.1) is 0 Å². The second kappa shape index (κ2) is 4.85.